The van der Waals surface area contributed by atoms with Crippen LogP contribution in [0.15, 0.2) is 30.5 Å². The molecule has 0 amide bonds. The number of hydrogen-bond acceptors (Lipinski definition) is 4. The van der Waals surface area contributed by atoms with Crippen LogP contribution in [0.5, 0.6) is 0 Å². The van der Waals surface area contributed by atoms with Gasteiger partial charge in [0.2, 0.25) is 0 Å². The summed E-state index contributed by atoms with van der Waals surface area (Å²) in [6.45, 7) is 0. The lowest BCUT2D eigenvalue weighted by atomic mass is 10.2. The predicted octanol–water partition coefficient (Wildman–Crippen LogP) is 1.33. The van der Waals surface area contributed by atoms with Crippen molar-refractivity contribution >= 4 is 22.9 Å². The van der Waals surface area contributed by atoms with Crippen molar-refractivity contribution in [2.45, 2.75) is 0 Å². The lowest BCUT2D eigenvalue weighted by Gasteiger charge is -2.09. The van der Waals surface area contributed by atoms with Gasteiger partial charge in [-0.15, -0.1) is 0 Å². The first-order chi connectivity index (χ1) is 7.16. The second kappa shape index (κ2) is 3.53. The highest BCUT2D eigenvalue weighted by Crippen LogP contribution is 2.24. The van der Waals surface area contributed by atoms with E-state index in [1.807, 2.05) is 19.2 Å². The smallest absolute Gasteiger partial charge is 0.128 e. The van der Waals surface area contributed by atoms with E-state index in [0.29, 0.717) is 11.4 Å². The van der Waals surface area contributed by atoms with Crippen LogP contribution in [0.4, 0.5) is 22.9 Å². The molecule has 1 aromatic heterocycles. The minimum Gasteiger partial charge on any atom is -0.399 e. The normalized spacial score (nSPS) is 10.2. The summed E-state index contributed by atoms with van der Waals surface area (Å²) in [6.07, 6.45) is 1.72. The summed E-state index contributed by atoms with van der Waals surface area (Å²) in [6, 6.07) is 7.24. The summed E-state index contributed by atoms with van der Waals surface area (Å²) in [5.74, 6) is 0.881. The summed E-state index contributed by atoms with van der Waals surface area (Å²) in [5, 5.41) is 7.22. The van der Waals surface area contributed by atoms with E-state index in [9.17, 15) is 0 Å². The average molecular weight is 203 g/mol. The van der Waals surface area contributed by atoms with Gasteiger partial charge in [0.1, 0.15) is 5.82 Å². The molecule has 0 saturated carbocycles. The van der Waals surface area contributed by atoms with E-state index in [4.69, 9.17) is 11.5 Å². The maximum Gasteiger partial charge on any atom is 0.128 e. The van der Waals surface area contributed by atoms with E-state index >= 15 is 0 Å². The minimum absolute atomic E-state index is 0.621. The third-order valence-electron chi connectivity index (χ3n) is 2.16. The standard InChI is InChI=1S/C10H13N5/c1-15-10(4-5-13-15)14-9-3-2-7(11)6-8(9)12/h2-6,14H,11-12H2,1H3. The van der Waals surface area contributed by atoms with E-state index in [1.54, 1.807) is 23.0 Å². The Morgan fingerprint density at radius 2 is 2.07 bits per heavy atom. The number of nitrogens with zero attached hydrogens (tertiary/aromatic N) is 2. The average Bonchev–Trinajstić information content (AvgIpc) is 2.57. The van der Waals surface area contributed by atoms with E-state index < -0.39 is 0 Å². The second-order valence-electron chi connectivity index (χ2n) is 3.31. The summed E-state index contributed by atoms with van der Waals surface area (Å²) < 4.78 is 1.73. The van der Waals surface area contributed by atoms with E-state index in [-0.39, 0.29) is 0 Å². The van der Waals surface area contributed by atoms with Gasteiger partial charge in [-0.25, -0.2) is 0 Å². The first kappa shape index (κ1) is 9.39. The molecule has 1 heterocycles. The Morgan fingerprint density at radius 1 is 1.27 bits per heavy atom. The highest BCUT2D eigenvalue weighted by atomic mass is 15.3. The van der Waals surface area contributed by atoms with Crippen molar-refractivity contribution in [1.29, 1.82) is 0 Å². The molecule has 0 bridgehead atoms. The zero-order valence-electron chi connectivity index (χ0n) is 8.44. The number of nitrogen functional groups attached to an aromatic ring is 2. The van der Waals surface area contributed by atoms with Crippen molar-refractivity contribution < 1.29 is 0 Å². The topological polar surface area (TPSA) is 81.9 Å². The van der Waals surface area contributed by atoms with E-state index in [2.05, 4.69) is 10.4 Å². The van der Waals surface area contributed by atoms with Crippen LogP contribution in [0.25, 0.3) is 0 Å². The van der Waals surface area contributed by atoms with Crippen LogP contribution < -0.4 is 16.8 Å². The van der Waals surface area contributed by atoms with Gasteiger partial charge in [0.15, 0.2) is 0 Å². The Labute approximate surface area is 87.7 Å². The van der Waals surface area contributed by atoms with Crippen molar-refractivity contribution in [3.63, 3.8) is 0 Å². The van der Waals surface area contributed by atoms with Crippen LogP contribution in [0.3, 0.4) is 0 Å². The van der Waals surface area contributed by atoms with Crippen molar-refractivity contribution in [2.75, 3.05) is 16.8 Å². The number of benzene rings is 1. The van der Waals surface area contributed by atoms with Crippen LogP contribution in [-0.4, -0.2) is 9.78 Å². The van der Waals surface area contributed by atoms with Gasteiger partial charge in [-0.05, 0) is 18.2 Å². The lowest BCUT2D eigenvalue weighted by molar-refractivity contribution is 0.777. The fourth-order valence-electron chi connectivity index (χ4n) is 1.33. The molecule has 2 aromatic rings. The zero-order chi connectivity index (χ0) is 10.8. The van der Waals surface area contributed by atoms with Gasteiger partial charge in [0.05, 0.1) is 17.6 Å². The molecule has 0 unspecified atom stereocenters. The lowest BCUT2D eigenvalue weighted by Crippen LogP contribution is -2.02. The largest absolute Gasteiger partial charge is 0.399 e. The highest BCUT2D eigenvalue weighted by molar-refractivity contribution is 5.74. The fourth-order valence-corrected chi connectivity index (χ4v) is 1.33. The Balaban J connectivity index is 2.29. The third-order valence-corrected chi connectivity index (χ3v) is 2.16. The van der Waals surface area contributed by atoms with Crippen molar-refractivity contribution in [1.82, 2.24) is 9.78 Å². The highest BCUT2D eigenvalue weighted by Gasteiger charge is 2.02. The van der Waals surface area contributed by atoms with Gasteiger partial charge in [0, 0.05) is 18.8 Å². The molecule has 0 saturated heterocycles. The quantitative estimate of drug-likeness (QED) is 0.643. The summed E-state index contributed by atoms with van der Waals surface area (Å²) in [7, 11) is 1.86. The molecule has 5 N–H and O–H groups in total. The van der Waals surface area contributed by atoms with E-state index in [1.165, 1.54) is 0 Å². The molecule has 0 aliphatic carbocycles. The molecule has 0 aliphatic heterocycles. The first-order valence-electron chi connectivity index (χ1n) is 4.57. The predicted molar refractivity (Wildman–Crippen MR) is 61.8 cm³/mol. The molecule has 5 heteroatoms. The van der Waals surface area contributed by atoms with Gasteiger partial charge >= 0.3 is 0 Å². The van der Waals surface area contributed by atoms with Gasteiger partial charge in [-0.1, -0.05) is 0 Å². The van der Waals surface area contributed by atoms with Crippen molar-refractivity contribution in [3.8, 4) is 0 Å². The Morgan fingerprint density at radius 3 is 2.67 bits per heavy atom. The Hall–Kier alpha value is -2.17. The van der Waals surface area contributed by atoms with Crippen molar-refractivity contribution in [2.24, 2.45) is 7.05 Å². The molecule has 0 radical (unpaired) electrons. The van der Waals surface area contributed by atoms with Crippen molar-refractivity contribution in [3.05, 3.63) is 30.5 Å². The molecular weight excluding hydrogens is 190 g/mol. The van der Waals surface area contributed by atoms with Crippen LogP contribution in [0.1, 0.15) is 0 Å². The number of nitrogens with one attached hydrogen (secondary N) is 1. The minimum atomic E-state index is 0.621. The zero-order valence-corrected chi connectivity index (χ0v) is 8.44. The number of aryl methyl sites for hydroxylation is 1. The molecule has 0 fully saturated rings. The van der Waals surface area contributed by atoms with Crippen LogP contribution >= 0.6 is 0 Å². The number of hydrogen-bond donors (Lipinski definition) is 3. The molecule has 78 valence electrons. The van der Waals surface area contributed by atoms with Crippen LogP contribution in [0.2, 0.25) is 0 Å². The third kappa shape index (κ3) is 1.85. The number of anilines is 4. The van der Waals surface area contributed by atoms with Gasteiger partial charge < -0.3 is 16.8 Å². The summed E-state index contributed by atoms with van der Waals surface area (Å²) in [4.78, 5) is 0. The molecule has 15 heavy (non-hydrogen) atoms. The van der Waals surface area contributed by atoms with Gasteiger partial charge in [0.25, 0.3) is 0 Å². The van der Waals surface area contributed by atoms with Crippen LogP contribution in [0, 0.1) is 0 Å². The maximum atomic E-state index is 5.82. The molecule has 0 spiro atoms. The number of rotatable bonds is 2. The second-order valence-corrected chi connectivity index (χ2v) is 3.31. The fraction of sp³-hybridized carbons (Fsp3) is 0.100. The monoisotopic (exact) mass is 203 g/mol. The van der Waals surface area contributed by atoms with Crippen LogP contribution in [-0.2, 0) is 7.05 Å². The molecule has 0 atom stereocenters. The maximum absolute atomic E-state index is 5.82. The number of aromatic nitrogens is 2. The molecule has 2 rings (SSSR count). The van der Waals surface area contributed by atoms with Gasteiger partial charge in [-0.2, -0.15) is 5.10 Å². The van der Waals surface area contributed by atoms with E-state index in [0.717, 1.165) is 11.5 Å². The summed E-state index contributed by atoms with van der Waals surface area (Å²) >= 11 is 0. The summed E-state index contributed by atoms with van der Waals surface area (Å²) in [5.41, 5.74) is 13.5. The molecule has 5 nitrogen and oxygen atoms in total. The SMILES string of the molecule is Cn1nccc1Nc1ccc(N)cc1N. The molecule has 1 aromatic carbocycles. The molecular formula is C10H13N5. The Kier molecular flexibility index (Phi) is 2.21. The number of nitrogens with two attached hydrogens (primary N) is 2. The molecule has 0 aliphatic rings. The first-order valence-corrected chi connectivity index (χ1v) is 4.57. The Bertz CT molecular complexity index is 474. The van der Waals surface area contributed by atoms with Gasteiger partial charge in [-0.3, -0.25) is 4.68 Å².